The number of nitrogens with zero attached hydrogens (tertiary/aromatic N) is 2. The summed E-state index contributed by atoms with van der Waals surface area (Å²) < 4.78 is 50.1. The summed E-state index contributed by atoms with van der Waals surface area (Å²) in [6.45, 7) is -0.820. The molecule has 1 N–H and O–H groups in total. The number of halogens is 2. The van der Waals surface area contributed by atoms with E-state index in [0.29, 0.717) is 17.1 Å². The van der Waals surface area contributed by atoms with Gasteiger partial charge in [0, 0.05) is 19.6 Å². The molecule has 102 valence electrons. The zero-order chi connectivity index (χ0) is 13.1. The van der Waals surface area contributed by atoms with Gasteiger partial charge in [0.05, 0.1) is 13.2 Å². The van der Waals surface area contributed by atoms with Gasteiger partial charge in [-0.3, -0.25) is 0 Å². The van der Waals surface area contributed by atoms with Crippen LogP contribution in [-0.2, 0) is 10.2 Å². The van der Waals surface area contributed by atoms with Crippen molar-refractivity contribution in [1.29, 1.82) is 0 Å². The first kappa shape index (κ1) is 14.7. The van der Waals surface area contributed by atoms with Crippen molar-refractivity contribution in [3.8, 4) is 0 Å². The fraction of sp³-hybridized carbons (Fsp3) is 1.00. The number of aliphatic hydroxyl groups is 1. The van der Waals surface area contributed by atoms with Gasteiger partial charge in [0.25, 0.3) is 16.6 Å². The number of piperidine rings is 1. The van der Waals surface area contributed by atoms with Crippen molar-refractivity contribution in [1.82, 2.24) is 8.61 Å². The maximum Gasteiger partial charge on any atom is 0.282 e. The predicted octanol–water partition coefficient (Wildman–Crippen LogP) is 0.275. The zero-order valence-electron chi connectivity index (χ0n) is 9.72. The molecular formula is C9H18F2N2O3S. The monoisotopic (exact) mass is 272 g/mol. The highest BCUT2D eigenvalue weighted by atomic mass is 32.2. The lowest BCUT2D eigenvalue weighted by Crippen LogP contribution is -2.51. The summed E-state index contributed by atoms with van der Waals surface area (Å²) in [5, 5.41) is 9.12. The highest BCUT2D eigenvalue weighted by molar-refractivity contribution is 7.86. The molecule has 0 saturated carbocycles. The van der Waals surface area contributed by atoms with Crippen LogP contribution in [0.2, 0.25) is 0 Å². The smallest absolute Gasteiger partial charge is 0.282 e. The van der Waals surface area contributed by atoms with Gasteiger partial charge in [0.1, 0.15) is 0 Å². The second kappa shape index (κ2) is 6.03. The van der Waals surface area contributed by atoms with Gasteiger partial charge in [0.2, 0.25) is 0 Å². The van der Waals surface area contributed by atoms with Gasteiger partial charge in [-0.05, 0) is 12.8 Å². The Hall–Kier alpha value is -0.310. The maximum absolute atomic E-state index is 12.2. The molecule has 0 aliphatic carbocycles. The van der Waals surface area contributed by atoms with E-state index < -0.39 is 29.2 Å². The molecule has 17 heavy (non-hydrogen) atoms. The van der Waals surface area contributed by atoms with E-state index in [0.717, 1.165) is 17.8 Å². The van der Waals surface area contributed by atoms with Crippen molar-refractivity contribution in [3.63, 3.8) is 0 Å². The predicted molar refractivity (Wildman–Crippen MR) is 59.0 cm³/mol. The second-order valence-electron chi connectivity index (χ2n) is 4.12. The highest BCUT2D eigenvalue weighted by Crippen LogP contribution is 2.22. The lowest BCUT2D eigenvalue weighted by Gasteiger charge is -2.35. The minimum Gasteiger partial charge on any atom is -0.395 e. The minimum atomic E-state index is -3.89. The van der Waals surface area contributed by atoms with Gasteiger partial charge in [-0.2, -0.15) is 17.0 Å². The van der Waals surface area contributed by atoms with Crippen LogP contribution in [0.3, 0.4) is 0 Å². The molecule has 0 amide bonds. The average molecular weight is 272 g/mol. The van der Waals surface area contributed by atoms with Crippen LogP contribution in [0, 0.1) is 0 Å². The first-order chi connectivity index (χ1) is 7.89. The van der Waals surface area contributed by atoms with Gasteiger partial charge in [-0.25, -0.2) is 8.78 Å². The van der Waals surface area contributed by atoms with Crippen LogP contribution in [-0.4, -0.2) is 61.3 Å². The van der Waals surface area contributed by atoms with E-state index in [2.05, 4.69) is 0 Å². The Morgan fingerprint density at radius 1 is 1.47 bits per heavy atom. The lowest BCUT2D eigenvalue weighted by atomic mass is 10.1. The summed E-state index contributed by atoms with van der Waals surface area (Å²) in [4.78, 5) is 0. The van der Waals surface area contributed by atoms with Crippen LogP contribution >= 0.6 is 0 Å². The van der Waals surface area contributed by atoms with Gasteiger partial charge in [-0.15, -0.1) is 0 Å². The number of rotatable bonds is 5. The molecule has 0 radical (unpaired) electrons. The largest absolute Gasteiger partial charge is 0.395 e. The Balaban J connectivity index is 2.80. The minimum absolute atomic E-state index is 0.276. The van der Waals surface area contributed by atoms with Crippen LogP contribution in [0.4, 0.5) is 8.78 Å². The molecule has 8 heteroatoms. The summed E-state index contributed by atoms with van der Waals surface area (Å²) in [7, 11) is -2.76. The molecule has 1 saturated heterocycles. The van der Waals surface area contributed by atoms with Crippen molar-refractivity contribution < 1.29 is 22.3 Å². The molecular weight excluding hydrogens is 254 g/mol. The molecule has 0 aromatic heterocycles. The van der Waals surface area contributed by atoms with Crippen molar-refractivity contribution >= 4 is 10.2 Å². The van der Waals surface area contributed by atoms with Crippen LogP contribution in [0.15, 0.2) is 0 Å². The molecule has 1 rings (SSSR count). The number of hydrogen-bond donors (Lipinski definition) is 1. The SMILES string of the molecule is CN(CC(F)F)S(=O)(=O)N1CCCCC1CO. The van der Waals surface area contributed by atoms with Crippen molar-refractivity contribution in [3.05, 3.63) is 0 Å². The van der Waals surface area contributed by atoms with Gasteiger partial charge in [0.15, 0.2) is 0 Å². The van der Waals surface area contributed by atoms with Crippen LogP contribution in [0.1, 0.15) is 19.3 Å². The molecule has 0 aromatic carbocycles. The maximum atomic E-state index is 12.2. The van der Waals surface area contributed by atoms with E-state index in [1.165, 1.54) is 0 Å². The third-order valence-electron chi connectivity index (χ3n) is 2.87. The van der Waals surface area contributed by atoms with Crippen molar-refractivity contribution in [2.45, 2.75) is 31.7 Å². The molecule has 1 heterocycles. The van der Waals surface area contributed by atoms with Gasteiger partial charge >= 0.3 is 0 Å². The Morgan fingerprint density at radius 2 is 2.12 bits per heavy atom. The van der Waals surface area contributed by atoms with E-state index in [1.807, 2.05) is 0 Å². The summed E-state index contributed by atoms with van der Waals surface area (Å²) in [5.74, 6) is 0. The van der Waals surface area contributed by atoms with E-state index in [-0.39, 0.29) is 13.2 Å². The van der Waals surface area contributed by atoms with Crippen LogP contribution < -0.4 is 0 Å². The molecule has 1 aliphatic rings. The fourth-order valence-corrected chi connectivity index (χ4v) is 3.50. The van der Waals surface area contributed by atoms with Crippen molar-refractivity contribution in [2.75, 3.05) is 26.7 Å². The second-order valence-corrected chi connectivity index (χ2v) is 6.11. The summed E-state index contributed by atoms with van der Waals surface area (Å²) in [6.07, 6.45) is -0.598. The van der Waals surface area contributed by atoms with E-state index >= 15 is 0 Å². The number of aliphatic hydroxyl groups excluding tert-OH is 1. The van der Waals surface area contributed by atoms with Gasteiger partial charge < -0.3 is 5.11 Å². The Labute approximate surface area is 100 Å². The third kappa shape index (κ3) is 3.57. The fourth-order valence-electron chi connectivity index (χ4n) is 1.93. The zero-order valence-corrected chi connectivity index (χ0v) is 10.5. The van der Waals surface area contributed by atoms with Gasteiger partial charge in [-0.1, -0.05) is 6.42 Å². The molecule has 1 unspecified atom stereocenters. The Morgan fingerprint density at radius 3 is 2.65 bits per heavy atom. The molecule has 0 aromatic rings. The number of alkyl halides is 2. The molecule has 1 aliphatic heterocycles. The first-order valence-corrected chi connectivity index (χ1v) is 6.91. The standard InChI is InChI=1S/C9H18F2N2O3S/c1-12(6-9(10)11)17(15,16)13-5-3-2-4-8(13)7-14/h8-9,14H,2-7H2,1H3. The van der Waals surface area contributed by atoms with Crippen molar-refractivity contribution in [2.24, 2.45) is 0 Å². The lowest BCUT2D eigenvalue weighted by molar-refractivity contribution is 0.115. The first-order valence-electron chi connectivity index (χ1n) is 5.51. The van der Waals surface area contributed by atoms with E-state index in [4.69, 9.17) is 5.11 Å². The third-order valence-corrected chi connectivity index (χ3v) is 4.88. The summed E-state index contributed by atoms with van der Waals surface area (Å²) in [6, 6.07) is -0.492. The Kier molecular flexibility index (Phi) is 5.23. The summed E-state index contributed by atoms with van der Waals surface area (Å²) in [5.41, 5.74) is 0. The summed E-state index contributed by atoms with van der Waals surface area (Å²) >= 11 is 0. The van der Waals surface area contributed by atoms with Crippen LogP contribution in [0.25, 0.3) is 0 Å². The van der Waals surface area contributed by atoms with E-state index in [1.54, 1.807) is 0 Å². The molecule has 0 spiro atoms. The molecule has 5 nitrogen and oxygen atoms in total. The normalized spacial score (nSPS) is 23.5. The molecule has 1 fully saturated rings. The average Bonchev–Trinajstić information content (AvgIpc) is 2.28. The quantitative estimate of drug-likeness (QED) is 0.781. The Bertz CT molecular complexity index is 337. The topological polar surface area (TPSA) is 60.9 Å². The number of hydrogen-bond acceptors (Lipinski definition) is 3. The van der Waals surface area contributed by atoms with E-state index in [9.17, 15) is 17.2 Å². The van der Waals surface area contributed by atoms with Crippen LogP contribution in [0.5, 0.6) is 0 Å². The molecule has 0 bridgehead atoms. The highest BCUT2D eigenvalue weighted by Gasteiger charge is 2.35. The molecule has 1 atom stereocenters.